The van der Waals surface area contributed by atoms with E-state index >= 15 is 0 Å². The summed E-state index contributed by atoms with van der Waals surface area (Å²) >= 11 is 1.43. The van der Waals surface area contributed by atoms with E-state index in [1.54, 1.807) is 6.07 Å². The molecule has 0 radical (unpaired) electrons. The third-order valence-electron chi connectivity index (χ3n) is 3.33. The van der Waals surface area contributed by atoms with Crippen molar-refractivity contribution < 1.29 is 17.7 Å². The monoisotopic (exact) mass is 341 g/mol. The molecule has 4 nitrogen and oxygen atoms in total. The molecular formula is C15H14F3N3OS. The summed E-state index contributed by atoms with van der Waals surface area (Å²) in [6.07, 6.45) is -2.07. The standard InChI is InChI=1S/C15H14F3N3OS/c1-2-6-21-13-8-10(15(16,17)18)3-4-12(13)19-14(21)23-9-11-5-7-22-20-11/h3-5,7-8H,2,6,9H2,1H3. The van der Waals surface area contributed by atoms with Crippen molar-refractivity contribution in [2.75, 3.05) is 0 Å². The first-order valence-electron chi connectivity index (χ1n) is 7.08. The van der Waals surface area contributed by atoms with Crippen LogP contribution in [0.4, 0.5) is 13.2 Å². The van der Waals surface area contributed by atoms with Gasteiger partial charge >= 0.3 is 6.18 Å². The van der Waals surface area contributed by atoms with Crippen molar-refractivity contribution in [2.24, 2.45) is 0 Å². The first-order valence-corrected chi connectivity index (χ1v) is 8.07. The van der Waals surface area contributed by atoms with Gasteiger partial charge in [-0.15, -0.1) is 0 Å². The van der Waals surface area contributed by atoms with Crippen molar-refractivity contribution >= 4 is 22.8 Å². The zero-order valence-corrected chi connectivity index (χ0v) is 13.1. The Morgan fingerprint density at radius 1 is 1.26 bits per heavy atom. The van der Waals surface area contributed by atoms with E-state index in [2.05, 4.69) is 10.1 Å². The second-order valence-electron chi connectivity index (χ2n) is 5.03. The average Bonchev–Trinajstić information content (AvgIpc) is 3.12. The third-order valence-corrected chi connectivity index (χ3v) is 4.34. The quantitative estimate of drug-likeness (QED) is 0.629. The maximum atomic E-state index is 12.9. The molecule has 0 amide bonds. The van der Waals surface area contributed by atoms with Gasteiger partial charge in [0.05, 0.1) is 22.3 Å². The molecule has 122 valence electrons. The Morgan fingerprint density at radius 3 is 2.74 bits per heavy atom. The highest BCUT2D eigenvalue weighted by Crippen LogP contribution is 2.33. The summed E-state index contributed by atoms with van der Waals surface area (Å²) in [5, 5.41) is 4.51. The molecule has 0 aliphatic rings. The fourth-order valence-electron chi connectivity index (χ4n) is 2.28. The van der Waals surface area contributed by atoms with Crippen molar-refractivity contribution in [3.63, 3.8) is 0 Å². The predicted octanol–water partition coefficient (Wildman–Crippen LogP) is 4.75. The number of alkyl halides is 3. The van der Waals surface area contributed by atoms with Crippen LogP contribution in [0.3, 0.4) is 0 Å². The van der Waals surface area contributed by atoms with Gasteiger partial charge in [-0.1, -0.05) is 23.8 Å². The lowest BCUT2D eigenvalue weighted by molar-refractivity contribution is -0.137. The molecule has 0 saturated carbocycles. The van der Waals surface area contributed by atoms with E-state index < -0.39 is 11.7 Å². The van der Waals surface area contributed by atoms with Crippen LogP contribution in [0.15, 0.2) is 40.2 Å². The summed E-state index contributed by atoms with van der Waals surface area (Å²) in [5.41, 5.74) is 1.18. The Morgan fingerprint density at radius 2 is 2.09 bits per heavy atom. The van der Waals surface area contributed by atoms with E-state index in [0.29, 0.717) is 28.5 Å². The topological polar surface area (TPSA) is 43.9 Å². The molecular weight excluding hydrogens is 327 g/mol. The van der Waals surface area contributed by atoms with Crippen LogP contribution in [0, 0.1) is 0 Å². The summed E-state index contributed by atoms with van der Waals surface area (Å²) in [7, 11) is 0. The van der Waals surface area contributed by atoms with Crippen LogP contribution in [-0.2, 0) is 18.5 Å². The van der Waals surface area contributed by atoms with Gasteiger partial charge < -0.3 is 9.09 Å². The fraction of sp³-hybridized carbons (Fsp3) is 0.333. The van der Waals surface area contributed by atoms with Crippen LogP contribution in [-0.4, -0.2) is 14.7 Å². The molecule has 3 aromatic rings. The average molecular weight is 341 g/mol. The summed E-state index contributed by atoms with van der Waals surface area (Å²) in [6.45, 7) is 2.59. The molecule has 0 saturated heterocycles. The number of nitrogens with zero attached hydrogens (tertiary/aromatic N) is 3. The summed E-state index contributed by atoms with van der Waals surface area (Å²) in [6, 6.07) is 5.40. The largest absolute Gasteiger partial charge is 0.416 e. The van der Waals surface area contributed by atoms with Crippen molar-refractivity contribution in [3.05, 3.63) is 41.8 Å². The van der Waals surface area contributed by atoms with Gasteiger partial charge in [-0.05, 0) is 24.6 Å². The highest BCUT2D eigenvalue weighted by Gasteiger charge is 2.31. The van der Waals surface area contributed by atoms with Crippen LogP contribution in [0.2, 0.25) is 0 Å². The molecule has 2 aromatic heterocycles. The first-order chi connectivity index (χ1) is 11.0. The SMILES string of the molecule is CCCn1c(SCc2ccon2)nc2ccc(C(F)(F)F)cc21. The van der Waals surface area contributed by atoms with E-state index in [0.717, 1.165) is 24.2 Å². The van der Waals surface area contributed by atoms with Crippen LogP contribution in [0.1, 0.15) is 24.6 Å². The molecule has 1 aromatic carbocycles. The summed E-state index contributed by atoms with van der Waals surface area (Å²) in [5.74, 6) is 0.551. The molecule has 0 fully saturated rings. The van der Waals surface area contributed by atoms with Crippen molar-refractivity contribution in [2.45, 2.75) is 37.0 Å². The molecule has 2 heterocycles. The van der Waals surface area contributed by atoms with Crippen LogP contribution >= 0.6 is 11.8 Å². The number of hydrogen-bond acceptors (Lipinski definition) is 4. The molecule has 0 aliphatic heterocycles. The van der Waals surface area contributed by atoms with Gasteiger partial charge in [-0.25, -0.2) is 4.98 Å². The number of aryl methyl sites for hydroxylation is 1. The van der Waals surface area contributed by atoms with E-state index in [9.17, 15) is 13.2 Å². The number of rotatable bonds is 5. The maximum Gasteiger partial charge on any atom is 0.416 e. The number of fused-ring (bicyclic) bond motifs is 1. The van der Waals surface area contributed by atoms with Gasteiger partial charge in [0, 0.05) is 18.4 Å². The number of hydrogen-bond donors (Lipinski definition) is 0. The van der Waals surface area contributed by atoms with Gasteiger partial charge in [0.1, 0.15) is 6.26 Å². The zero-order chi connectivity index (χ0) is 16.4. The molecule has 0 unspecified atom stereocenters. The lowest BCUT2D eigenvalue weighted by Crippen LogP contribution is -2.05. The van der Waals surface area contributed by atoms with Crippen LogP contribution < -0.4 is 0 Å². The predicted molar refractivity (Wildman–Crippen MR) is 81.1 cm³/mol. The zero-order valence-electron chi connectivity index (χ0n) is 12.3. The first kappa shape index (κ1) is 15.9. The number of benzene rings is 1. The van der Waals surface area contributed by atoms with Crippen molar-refractivity contribution in [1.29, 1.82) is 0 Å². The molecule has 0 bridgehead atoms. The van der Waals surface area contributed by atoms with E-state index in [-0.39, 0.29) is 0 Å². The molecule has 0 spiro atoms. The highest BCUT2D eigenvalue weighted by molar-refractivity contribution is 7.98. The molecule has 0 atom stereocenters. The lowest BCUT2D eigenvalue weighted by Gasteiger charge is -2.09. The van der Waals surface area contributed by atoms with Gasteiger partial charge in [-0.2, -0.15) is 13.2 Å². The Balaban J connectivity index is 1.98. The minimum Gasteiger partial charge on any atom is -0.364 e. The minimum absolute atomic E-state index is 0.504. The highest BCUT2D eigenvalue weighted by atomic mass is 32.2. The number of halogens is 3. The lowest BCUT2D eigenvalue weighted by atomic mass is 10.2. The molecule has 0 N–H and O–H groups in total. The number of aromatic nitrogens is 3. The Bertz CT molecular complexity index is 796. The number of thioether (sulfide) groups is 1. The van der Waals surface area contributed by atoms with Gasteiger partial charge in [-0.3, -0.25) is 0 Å². The van der Waals surface area contributed by atoms with Crippen LogP contribution in [0.25, 0.3) is 11.0 Å². The van der Waals surface area contributed by atoms with E-state index in [1.807, 2.05) is 11.5 Å². The van der Waals surface area contributed by atoms with Crippen LogP contribution in [0.5, 0.6) is 0 Å². The second kappa shape index (κ2) is 6.27. The maximum absolute atomic E-state index is 12.9. The van der Waals surface area contributed by atoms with E-state index in [1.165, 1.54) is 24.1 Å². The Hall–Kier alpha value is -1.96. The molecule has 23 heavy (non-hydrogen) atoms. The normalized spacial score (nSPS) is 12.2. The molecule has 3 rings (SSSR count). The Labute approximate surface area is 134 Å². The minimum atomic E-state index is -4.36. The van der Waals surface area contributed by atoms with Crippen molar-refractivity contribution in [3.8, 4) is 0 Å². The number of imidazole rings is 1. The van der Waals surface area contributed by atoms with Crippen molar-refractivity contribution in [1.82, 2.24) is 14.7 Å². The van der Waals surface area contributed by atoms with Gasteiger partial charge in [0.25, 0.3) is 0 Å². The molecule has 8 heteroatoms. The summed E-state index contributed by atoms with van der Waals surface area (Å²) < 4.78 is 45.4. The van der Waals surface area contributed by atoms with Gasteiger partial charge in [0.2, 0.25) is 0 Å². The third kappa shape index (κ3) is 3.36. The fourth-order valence-corrected chi connectivity index (χ4v) is 3.21. The van der Waals surface area contributed by atoms with Gasteiger partial charge in [0.15, 0.2) is 5.16 Å². The summed E-state index contributed by atoms with van der Waals surface area (Å²) in [4.78, 5) is 4.45. The Kier molecular flexibility index (Phi) is 4.34. The smallest absolute Gasteiger partial charge is 0.364 e. The second-order valence-corrected chi connectivity index (χ2v) is 5.97. The van der Waals surface area contributed by atoms with E-state index in [4.69, 9.17) is 4.52 Å². The molecule has 0 aliphatic carbocycles.